The van der Waals surface area contributed by atoms with Gasteiger partial charge in [0.1, 0.15) is 5.75 Å². The number of carbonyl (C=O) groups is 1. The molecule has 0 aliphatic rings. The lowest BCUT2D eigenvalue weighted by molar-refractivity contribution is 0.0934. The lowest BCUT2D eigenvalue weighted by Gasteiger charge is -2.15. The van der Waals surface area contributed by atoms with Gasteiger partial charge in [0.15, 0.2) is 0 Å². The summed E-state index contributed by atoms with van der Waals surface area (Å²) in [4.78, 5) is 11.8. The molecule has 3 heteroatoms. The molecule has 1 atom stereocenters. The zero-order valence-electron chi connectivity index (χ0n) is 10.7. The molecule has 0 fully saturated rings. The van der Waals surface area contributed by atoms with Crippen molar-refractivity contribution in [2.75, 3.05) is 0 Å². The first-order valence-corrected chi connectivity index (χ1v) is 6.09. The largest absolute Gasteiger partial charge is 0.507 e. The molecule has 1 unspecified atom stereocenters. The van der Waals surface area contributed by atoms with Gasteiger partial charge in [0.25, 0.3) is 5.91 Å². The van der Waals surface area contributed by atoms with Crippen molar-refractivity contribution in [2.24, 2.45) is 5.92 Å². The van der Waals surface area contributed by atoms with Gasteiger partial charge < -0.3 is 10.4 Å². The molecule has 94 valence electrons. The minimum Gasteiger partial charge on any atom is -0.507 e. The molecule has 1 rings (SSSR count). The maximum Gasteiger partial charge on any atom is 0.255 e. The number of aromatic hydroxyl groups is 1. The van der Waals surface area contributed by atoms with E-state index in [0.29, 0.717) is 11.5 Å². The van der Waals surface area contributed by atoms with E-state index in [1.54, 1.807) is 18.2 Å². The summed E-state index contributed by atoms with van der Waals surface area (Å²) in [5.74, 6) is 0.458. The molecule has 0 saturated heterocycles. The average Bonchev–Trinajstić information content (AvgIpc) is 2.26. The fourth-order valence-corrected chi connectivity index (χ4v) is 1.62. The van der Waals surface area contributed by atoms with Gasteiger partial charge in [0.05, 0.1) is 5.56 Å². The Kier molecular flexibility index (Phi) is 5.01. The van der Waals surface area contributed by atoms with E-state index in [-0.39, 0.29) is 17.7 Å². The minimum atomic E-state index is -0.209. The summed E-state index contributed by atoms with van der Waals surface area (Å²) in [6.07, 6.45) is 2.04. The molecule has 0 aromatic heterocycles. The van der Waals surface area contributed by atoms with E-state index in [1.807, 2.05) is 6.92 Å². The van der Waals surface area contributed by atoms with Crippen molar-refractivity contribution in [3.8, 4) is 5.75 Å². The molecule has 0 radical (unpaired) electrons. The number of phenols is 1. The smallest absolute Gasteiger partial charge is 0.255 e. The van der Waals surface area contributed by atoms with Crippen LogP contribution in [0.4, 0.5) is 0 Å². The van der Waals surface area contributed by atoms with E-state index in [9.17, 15) is 9.90 Å². The van der Waals surface area contributed by atoms with Gasteiger partial charge in [-0.15, -0.1) is 0 Å². The Hall–Kier alpha value is -1.51. The lowest BCUT2D eigenvalue weighted by Crippen LogP contribution is -2.32. The fourth-order valence-electron chi connectivity index (χ4n) is 1.62. The van der Waals surface area contributed by atoms with Crippen molar-refractivity contribution in [1.29, 1.82) is 0 Å². The molecule has 17 heavy (non-hydrogen) atoms. The topological polar surface area (TPSA) is 49.3 Å². The quantitative estimate of drug-likeness (QED) is 0.824. The van der Waals surface area contributed by atoms with Crippen LogP contribution < -0.4 is 5.32 Å². The lowest BCUT2D eigenvalue weighted by atomic mass is 10.0. The Labute approximate surface area is 103 Å². The van der Waals surface area contributed by atoms with Crippen molar-refractivity contribution in [3.63, 3.8) is 0 Å². The number of nitrogens with one attached hydrogen (secondary N) is 1. The summed E-state index contributed by atoms with van der Waals surface area (Å²) in [5, 5.41) is 12.4. The van der Waals surface area contributed by atoms with Crippen molar-refractivity contribution >= 4 is 5.91 Å². The summed E-state index contributed by atoms with van der Waals surface area (Å²) in [6, 6.07) is 6.72. The maximum atomic E-state index is 11.8. The van der Waals surface area contributed by atoms with Gasteiger partial charge in [0.2, 0.25) is 0 Å². The van der Waals surface area contributed by atoms with E-state index in [1.165, 1.54) is 6.07 Å². The van der Waals surface area contributed by atoms with E-state index in [4.69, 9.17) is 0 Å². The third-order valence-corrected chi connectivity index (χ3v) is 2.70. The van der Waals surface area contributed by atoms with E-state index < -0.39 is 0 Å². The minimum absolute atomic E-state index is 0.0288. The predicted octanol–water partition coefficient (Wildman–Crippen LogP) is 2.95. The number of rotatable bonds is 5. The Balaban J connectivity index is 2.52. The van der Waals surface area contributed by atoms with E-state index >= 15 is 0 Å². The monoisotopic (exact) mass is 235 g/mol. The normalized spacial score (nSPS) is 12.5. The SMILES string of the molecule is CC(C)CCC(C)NC(=O)c1ccccc1O. The average molecular weight is 235 g/mol. The summed E-state index contributed by atoms with van der Waals surface area (Å²) < 4.78 is 0. The molecule has 0 saturated carbocycles. The standard InChI is InChI=1S/C14H21NO2/c1-10(2)8-9-11(3)15-14(17)12-6-4-5-7-13(12)16/h4-7,10-11,16H,8-9H2,1-3H3,(H,15,17). The molecular formula is C14H21NO2. The van der Waals surface area contributed by atoms with Gasteiger partial charge in [0, 0.05) is 6.04 Å². The molecule has 1 aromatic rings. The fraction of sp³-hybridized carbons (Fsp3) is 0.500. The van der Waals surface area contributed by atoms with Crippen molar-refractivity contribution in [2.45, 2.75) is 39.7 Å². The number of para-hydroxylation sites is 1. The van der Waals surface area contributed by atoms with Gasteiger partial charge in [-0.1, -0.05) is 26.0 Å². The zero-order chi connectivity index (χ0) is 12.8. The van der Waals surface area contributed by atoms with Gasteiger partial charge in [-0.3, -0.25) is 4.79 Å². The van der Waals surface area contributed by atoms with E-state index in [2.05, 4.69) is 19.2 Å². The first kappa shape index (κ1) is 13.6. The molecule has 0 aliphatic carbocycles. The highest BCUT2D eigenvalue weighted by molar-refractivity contribution is 5.96. The summed E-state index contributed by atoms with van der Waals surface area (Å²) in [5.41, 5.74) is 0.337. The molecule has 1 amide bonds. The zero-order valence-corrected chi connectivity index (χ0v) is 10.7. The molecule has 1 aromatic carbocycles. The maximum absolute atomic E-state index is 11.8. The molecule has 0 heterocycles. The van der Waals surface area contributed by atoms with Crippen LogP contribution in [0.15, 0.2) is 24.3 Å². The highest BCUT2D eigenvalue weighted by Gasteiger charge is 2.12. The summed E-state index contributed by atoms with van der Waals surface area (Å²) >= 11 is 0. The highest BCUT2D eigenvalue weighted by Crippen LogP contribution is 2.15. The summed E-state index contributed by atoms with van der Waals surface area (Å²) in [6.45, 7) is 6.31. The van der Waals surface area contributed by atoms with Crippen LogP contribution in [0, 0.1) is 5.92 Å². The van der Waals surface area contributed by atoms with Crippen molar-refractivity contribution < 1.29 is 9.90 Å². The van der Waals surface area contributed by atoms with Crippen molar-refractivity contribution in [3.05, 3.63) is 29.8 Å². The number of amides is 1. The first-order valence-electron chi connectivity index (χ1n) is 6.09. The molecule has 0 aliphatic heterocycles. The van der Waals surface area contributed by atoms with Crippen LogP contribution in [-0.4, -0.2) is 17.1 Å². The first-order chi connectivity index (χ1) is 8.00. The van der Waals surface area contributed by atoms with Crippen LogP contribution in [0.3, 0.4) is 0 Å². The van der Waals surface area contributed by atoms with Crippen LogP contribution >= 0.6 is 0 Å². The molecule has 0 spiro atoms. The second kappa shape index (κ2) is 6.28. The van der Waals surface area contributed by atoms with Gasteiger partial charge >= 0.3 is 0 Å². The highest BCUT2D eigenvalue weighted by atomic mass is 16.3. The second-order valence-corrected chi connectivity index (χ2v) is 4.86. The molecule has 3 nitrogen and oxygen atoms in total. The number of carbonyl (C=O) groups excluding carboxylic acids is 1. The second-order valence-electron chi connectivity index (χ2n) is 4.86. The molecule has 2 N–H and O–H groups in total. The van der Waals surface area contributed by atoms with E-state index in [0.717, 1.165) is 12.8 Å². The number of hydrogen-bond acceptors (Lipinski definition) is 2. The van der Waals surface area contributed by atoms with Crippen LogP contribution in [0.2, 0.25) is 0 Å². The van der Waals surface area contributed by atoms with Gasteiger partial charge in [-0.05, 0) is 37.8 Å². The third kappa shape index (κ3) is 4.47. The van der Waals surface area contributed by atoms with Crippen LogP contribution in [0.5, 0.6) is 5.75 Å². The number of hydrogen-bond donors (Lipinski definition) is 2. The van der Waals surface area contributed by atoms with Gasteiger partial charge in [-0.2, -0.15) is 0 Å². The Morgan fingerprint density at radius 2 is 1.88 bits per heavy atom. The third-order valence-electron chi connectivity index (χ3n) is 2.70. The molecular weight excluding hydrogens is 214 g/mol. The number of benzene rings is 1. The Bertz CT molecular complexity index is 374. The van der Waals surface area contributed by atoms with Crippen LogP contribution in [0.25, 0.3) is 0 Å². The molecule has 0 bridgehead atoms. The number of phenolic OH excluding ortho intramolecular Hbond substituents is 1. The van der Waals surface area contributed by atoms with Gasteiger partial charge in [-0.25, -0.2) is 0 Å². The van der Waals surface area contributed by atoms with Crippen molar-refractivity contribution in [1.82, 2.24) is 5.32 Å². The Morgan fingerprint density at radius 3 is 2.47 bits per heavy atom. The van der Waals surface area contributed by atoms with Crippen LogP contribution in [-0.2, 0) is 0 Å². The predicted molar refractivity (Wildman–Crippen MR) is 69.1 cm³/mol. The van der Waals surface area contributed by atoms with Crippen LogP contribution in [0.1, 0.15) is 44.0 Å². The summed E-state index contributed by atoms with van der Waals surface area (Å²) in [7, 11) is 0. The Morgan fingerprint density at radius 1 is 1.24 bits per heavy atom.